The van der Waals surface area contributed by atoms with Gasteiger partial charge in [-0.25, -0.2) is 0 Å². The summed E-state index contributed by atoms with van der Waals surface area (Å²) >= 11 is 5.76. The minimum Gasteiger partial charge on any atom is -0.396 e. The number of benzene rings is 1. The smallest absolute Gasteiger partial charge is 0.238 e. The summed E-state index contributed by atoms with van der Waals surface area (Å²) in [6.45, 7) is 3.29. The van der Waals surface area contributed by atoms with E-state index in [9.17, 15) is 4.79 Å². The number of hydrogen-bond acceptors (Lipinski definition) is 3. The lowest BCUT2D eigenvalue weighted by molar-refractivity contribution is -0.115. The van der Waals surface area contributed by atoms with Crippen LogP contribution in [0.2, 0.25) is 5.02 Å². The Labute approximate surface area is 119 Å². The van der Waals surface area contributed by atoms with Gasteiger partial charge in [0.2, 0.25) is 5.91 Å². The van der Waals surface area contributed by atoms with Crippen LogP contribution in [-0.4, -0.2) is 30.7 Å². The average Bonchev–Trinajstić information content (AvgIpc) is 2.40. The second-order valence-corrected chi connectivity index (χ2v) is 5.10. The van der Waals surface area contributed by atoms with Crippen LogP contribution in [0.25, 0.3) is 0 Å². The first-order valence-corrected chi connectivity index (χ1v) is 6.86. The van der Waals surface area contributed by atoms with E-state index in [1.54, 1.807) is 24.3 Å². The van der Waals surface area contributed by atoms with E-state index in [0.717, 1.165) is 25.1 Å². The topological polar surface area (TPSA) is 61.4 Å². The van der Waals surface area contributed by atoms with E-state index in [4.69, 9.17) is 16.7 Å². The third-order valence-corrected chi connectivity index (χ3v) is 3.03. The number of amides is 1. The van der Waals surface area contributed by atoms with Gasteiger partial charge in [0.1, 0.15) is 0 Å². The molecule has 0 aliphatic rings. The molecule has 0 spiro atoms. The third kappa shape index (κ3) is 7.15. The summed E-state index contributed by atoms with van der Waals surface area (Å²) in [6, 6.07) is 7.01. The minimum absolute atomic E-state index is 0.0717. The molecule has 3 N–H and O–H groups in total. The largest absolute Gasteiger partial charge is 0.396 e. The highest BCUT2D eigenvalue weighted by Crippen LogP contribution is 2.12. The fraction of sp³-hybridized carbons (Fsp3) is 0.500. The summed E-state index contributed by atoms with van der Waals surface area (Å²) in [5, 5.41) is 15.4. The molecule has 0 aliphatic carbocycles. The maximum absolute atomic E-state index is 11.6. The van der Waals surface area contributed by atoms with Crippen LogP contribution in [0.3, 0.4) is 0 Å². The molecule has 0 heterocycles. The minimum atomic E-state index is -0.0717. The zero-order valence-corrected chi connectivity index (χ0v) is 11.9. The molecule has 0 fully saturated rings. The van der Waals surface area contributed by atoms with Crippen molar-refractivity contribution < 1.29 is 9.90 Å². The van der Waals surface area contributed by atoms with Crippen molar-refractivity contribution in [2.24, 2.45) is 5.92 Å². The molecular formula is C14H21ClN2O2. The van der Waals surface area contributed by atoms with Crippen LogP contribution in [0.5, 0.6) is 0 Å². The Morgan fingerprint density at radius 2 is 2.05 bits per heavy atom. The maximum atomic E-state index is 11.6. The Bertz CT molecular complexity index is 382. The van der Waals surface area contributed by atoms with Crippen molar-refractivity contribution in [2.45, 2.75) is 19.8 Å². The Balaban J connectivity index is 2.13. The first-order chi connectivity index (χ1) is 9.11. The molecule has 1 amide bonds. The molecule has 0 bridgehead atoms. The lowest BCUT2D eigenvalue weighted by Crippen LogP contribution is -2.29. The van der Waals surface area contributed by atoms with Crippen LogP contribution in [-0.2, 0) is 4.79 Å². The molecule has 0 saturated carbocycles. The second kappa shape index (κ2) is 8.91. The number of carbonyl (C=O) groups is 1. The first kappa shape index (κ1) is 16.0. The molecule has 1 atom stereocenters. The standard InChI is InChI=1S/C14H21ClN2O2/c1-11(10-18)3-2-8-16-9-14(19)17-13-6-4-12(15)5-7-13/h4-7,11,16,18H,2-3,8-10H2,1H3,(H,17,19). The molecule has 1 aromatic rings. The molecule has 106 valence electrons. The highest BCUT2D eigenvalue weighted by Gasteiger charge is 2.02. The van der Waals surface area contributed by atoms with Crippen LogP contribution in [0.1, 0.15) is 19.8 Å². The Hall–Kier alpha value is -1.10. The molecule has 0 aromatic heterocycles. The summed E-state index contributed by atoms with van der Waals surface area (Å²) in [6.07, 6.45) is 1.91. The lowest BCUT2D eigenvalue weighted by Gasteiger charge is -2.09. The number of rotatable bonds is 8. The van der Waals surface area contributed by atoms with Crippen molar-refractivity contribution in [3.63, 3.8) is 0 Å². The first-order valence-electron chi connectivity index (χ1n) is 6.49. The van der Waals surface area contributed by atoms with Crippen molar-refractivity contribution >= 4 is 23.2 Å². The lowest BCUT2D eigenvalue weighted by atomic mass is 10.1. The average molecular weight is 285 g/mol. The van der Waals surface area contributed by atoms with Crippen LogP contribution in [0.4, 0.5) is 5.69 Å². The van der Waals surface area contributed by atoms with Crippen LogP contribution < -0.4 is 10.6 Å². The van der Waals surface area contributed by atoms with Gasteiger partial charge in [0.05, 0.1) is 6.54 Å². The van der Waals surface area contributed by atoms with Gasteiger partial charge in [-0.3, -0.25) is 4.79 Å². The molecule has 0 radical (unpaired) electrons. The van der Waals surface area contributed by atoms with Crippen LogP contribution >= 0.6 is 11.6 Å². The Morgan fingerprint density at radius 1 is 1.37 bits per heavy atom. The second-order valence-electron chi connectivity index (χ2n) is 4.66. The number of aliphatic hydroxyl groups excluding tert-OH is 1. The van der Waals surface area contributed by atoms with Crippen molar-refractivity contribution in [3.8, 4) is 0 Å². The van der Waals surface area contributed by atoms with Gasteiger partial charge in [0.25, 0.3) is 0 Å². The molecule has 0 saturated heterocycles. The Morgan fingerprint density at radius 3 is 2.68 bits per heavy atom. The SMILES string of the molecule is CC(CO)CCCNCC(=O)Nc1ccc(Cl)cc1. The molecule has 0 aliphatic heterocycles. The zero-order chi connectivity index (χ0) is 14.1. The van der Waals surface area contributed by atoms with E-state index >= 15 is 0 Å². The molecule has 4 nitrogen and oxygen atoms in total. The number of halogens is 1. The van der Waals surface area contributed by atoms with E-state index in [2.05, 4.69) is 10.6 Å². The molecule has 5 heteroatoms. The molecule has 1 unspecified atom stereocenters. The van der Waals surface area contributed by atoms with Crippen molar-refractivity contribution in [2.75, 3.05) is 25.0 Å². The summed E-state index contributed by atoms with van der Waals surface area (Å²) < 4.78 is 0. The van der Waals surface area contributed by atoms with Crippen molar-refractivity contribution in [1.29, 1.82) is 0 Å². The monoisotopic (exact) mass is 284 g/mol. The summed E-state index contributed by atoms with van der Waals surface area (Å²) in [7, 11) is 0. The van der Waals surface area contributed by atoms with Gasteiger partial charge in [-0.1, -0.05) is 18.5 Å². The van der Waals surface area contributed by atoms with E-state index in [1.807, 2.05) is 6.92 Å². The maximum Gasteiger partial charge on any atom is 0.238 e. The Kier molecular flexibility index (Phi) is 7.48. The van der Waals surface area contributed by atoms with Gasteiger partial charge < -0.3 is 15.7 Å². The van der Waals surface area contributed by atoms with Gasteiger partial charge in [-0.15, -0.1) is 0 Å². The van der Waals surface area contributed by atoms with E-state index in [0.29, 0.717) is 10.9 Å². The molecule has 1 aromatic carbocycles. The number of carbonyl (C=O) groups excluding carboxylic acids is 1. The van der Waals surface area contributed by atoms with Crippen LogP contribution in [0, 0.1) is 5.92 Å². The third-order valence-electron chi connectivity index (χ3n) is 2.78. The summed E-state index contributed by atoms with van der Waals surface area (Å²) in [4.78, 5) is 11.6. The van der Waals surface area contributed by atoms with Crippen molar-refractivity contribution in [3.05, 3.63) is 29.3 Å². The van der Waals surface area contributed by atoms with E-state index in [1.165, 1.54) is 0 Å². The summed E-state index contributed by atoms with van der Waals surface area (Å²) in [5.41, 5.74) is 0.741. The fourth-order valence-corrected chi connectivity index (χ4v) is 1.73. The van der Waals surface area contributed by atoms with E-state index < -0.39 is 0 Å². The normalized spacial score (nSPS) is 12.2. The highest BCUT2D eigenvalue weighted by atomic mass is 35.5. The fourth-order valence-electron chi connectivity index (χ4n) is 1.61. The number of anilines is 1. The highest BCUT2D eigenvalue weighted by molar-refractivity contribution is 6.30. The van der Waals surface area contributed by atoms with Gasteiger partial charge in [-0.2, -0.15) is 0 Å². The number of aliphatic hydroxyl groups is 1. The van der Waals surface area contributed by atoms with E-state index in [-0.39, 0.29) is 19.1 Å². The predicted octanol–water partition coefficient (Wildman–Crippen LogP) is 2.28. The quantitative estimate of drug-likeness (QED) is 0.642. The van der Waals surface area contributed by atoms with Crippen LogP contribution in [0.15, 0.2) is 24.3 Å². The van der Waals surface area contributed by atoms with Gasteiger partial charge in [0, 0.05) is 17.3 Å². The predicted molar refractivity (Wildman–Crippen MR) is 78.4 cm³/mol. The molecule has 1 rings (SSSR count). The van der Waals surface area contributed by atoms with Gasteiger partial charge in [0.15, 0.2) is 0 Å². The van der Waals surface area contributed by atoms with Crippen molar-refractivity contribution in [1.82, 2.24) is 5.32 Å². The zero-order valence-electron chi connectivity index (χ0n) is 11.2. The van der Waals surface area contributed by atoms with Gasteiger partial charge >= 0.3 is 0 Å². The number of hydrogen-bond donors (Lipinski definition) is 3. The van der Waals surface area contributed by atoms with Gasteiger partial charge in [-0.05, 0) is 49.6 Å². The summed E-state index contributed by atoms with van der Waals surface area (Å²) in [5.74, 6) is 0.252. The molecular weight excluding hydrogens is 264 g/mol. The number of nitrogens with one attached hydrogen (secondary N) is 2. The molecule has 19 heavy (non-hydrogen) atoms.